The molecular formula is C12H19F4NO2. The molecule has 0 bridgehead atoms. The highest BCUT2D eigenvalue weighted by Gasteiger charge is 2.49. The van der Waals surface area contributed by atoms with Gasteiger partial charge in [0.2, 0.25) is 0 Å². The molecule has 1 aliphatic carbocycles. The number of alkyl halides is 4. The molecule has 3 nitrogen and oxygen atoms in total. The zero-order valence-corrected chi connectivity index (χ0v) is 11.0. The van der Waals surface area contributed by atoms with E-state index in [-0.39, 0.29) is 5.41 Å². The third kappa shape index (κ3) is 4.06. The van der Waals surface area contributed by atoms with Crippen LogP contribution >= 0.6 is 0 Å². The summed E-state index contributed by atoms with van der Waals surface area (Å²) in [5.74, 6) is -6.76. The van der Waals surface area contributed by atoms with Crippen molar-refractivity contribution in [2.75, 3.05) is 6.54 Å². The molecule has 1 fully saturated rings. The first-order chi connectivity index (χ1) is 8.49. The van der Waals surface area contributed by atoms with Crippen molar-refractivity contribution in [3.05, 3.63) is 0 Å². The lowest BCUT2D eigenvalue weighted by Gasteiger charge is -2.40. The summed E-state index contributed by atoms with van der Waals surface area (Å²) in [6, 6.07) is 0. The van der Waals surface area contributed by atoms with Gasteiger partial charge >= 0.3 is 12.3 Å². The number of carbonyl (C=O) groups is 1. The second kappa shape index (κ2) is 5.26. The minimum absolute atomic E-state index is 0.0587. The fourth-order valence-corrected chi connectivity index (χ4v) is 2.03. The molecule has 112 valence electrons. The van der Waals surface area contributed by atoms with Crippen molar-refractivity contribution < 1.29 is 27.5 Å². The lowest BCUT2D eigenvalue weighted by atomic mass is 9.71. The van der Waals surface area contributed by atoms with Gasteiger partial charge in [-0.2, -0.15) is 8.78 Å². The van der Waals surface area contributed by atoms with Crippen LogP contribution in [-0.4, -0.2) is 35.5 Å². The maximum absolute atomic E-state index is 12.7. The molecule has 0 spiro atoms. The van der Waals surface area contributed by atoms with E-state index in [0.29, 0.717) is 25.7 Å². The van der Waals surface area contributed by atoms with E-state index >= 15 is 0 Å². The summed E-state index contributed by atoms with van der Waals surface area (Å²) in [4.78, 5) is 11.0. The molecule has 0 unspecified atom stereocenters. The first-order valence-electron chi connectivity index (χ1n) is 6.15. The summed E-state index contributed by atoms with van der Waals surface area (Å²) < 4.78 is 49.3. The molecular weight excluding hydrogens is 266 g/mol. The van der Waals surface area contributed by atoms with Gasteiger partial charge in [-0.15, -0.1) is 0 Å². The molecule has 1 aliphatic rings. The number of rotatable bonds is 4. The molecule has 0 aliphatic heterocycles. The molecule has 0 aromatic carbocycles. The molecule has 1 saturated carbocycles. The first-order valence-corrected chi connectivity index (χ1v) is 6.15. The van der Waals surface area contributed by atoms with Crippen LogP contribution < -0.4 is 5.32 Å². The highest BCUT2D eigenvalue weighted by atomic mass is 19.3. The summed E-state index contributed by atoms with van der Waals surface area (Å²) >= 11 is 0. The Morgan fingerprint density at radius 1 is 1.26 bits per heavy atom. The van der Waals surface area contributed by atoms with Gasteiger partial charge in [-0.1, -0.05) is 13.8 Å². The Morgan fingerprint density at radius 3 is 2.16 bits per heavy atom. The van der Waals surface area contributed by atoms with E-state index < -0.39 is 30.4 Å². The van der Waals surface area contributed by atoms with E-state index in [1.165, 1.54) is 0 Å². The fraction of sp³-hybridized carbons (Fsp3) is 0.917. The molecule has 0 aromatic heterocycles. The van der Waals surface area contributed by atoms with E-state index in [1.807, 2.05) is 13.8 Å². The Balaban J connectivity index is 2.51. The van der Waals surface area contributed by atoms with Crippen molar-refractivity contribution in [3.63, 3.8) is 0 Å². The number of carbonyl (C=O) groups excluding carboxylic acids is 1. The topological polar surface area (TPSA) is 49.3 Å². The van der Waals surface area contributed by atoms with Crippen LogP contribution in [0.5, 0.6) is 0 Å². The van der Waals surface area contributed by atoms with Crippen LogP contribution in [0.4, 0.5) is 17.6 Å². The average Bonchev–Trinajstić information content (AvgIpc) is 2.30. The monoisotopic (exact) mass is 285 g/mol. The molecule has 0 radical (unpaired) electrons. The van der Waals surface area contributed by atoms with Crippen molar-refractivity contribution in [1.29, 1.82) is 0 Å². The number of halogens is 4. The third-order valence-electron chi connectivity index (χ3n) is 3.69. The number of hydrogen-bond donors (Lipinski definition) is 2. The van der Waals surface area contributed by atoms with E-state index in [2.05, 4.69) is 0 Å². The van der Waals surface area contributed by atoms with Gasteiger partial charge in [-0.25, -0.2) is 8.78 Å². The van der Waals surface area contributed by atoms with Gasteiger partial charge in [0.15, 0.2) is 0 Å². The molecule has 0 aromatic rings. The summed E-state index contributed by atoms with van der Waals surface area (Å²) in [5, 5.41) is 11.8. The Kier molecular flexibility index (Phi) is 4.49. The van der Waals surface area contributed by atoms with Gasteiger partial charge in [0.25, 0.3) is 5.91 Å². The van der Waals surface area contributed by atoms with E-state index in [0.717, 1.165) is 0 Å². The number of hydrogen-bond acceptors (Lipinski definition) is 2. The van der Waals surface area contributed by atoms with Gasteiger partial charge in [0.1, 0.15) is 0 Å². The maximum Gasteiger partial charge on any atom is 0.383 e. The SMILES string of the molecule is CC1(C)CCC(O)(CNC(=O)C(F)(F)C(F)F)CC1. The smallest absolute Gasteiger partial charge is 0.383 e. The van der Waals surface area contributed by atoms with Crippen LogP contribution in [0.2, 0.25) is 0 Å². The Morgan fingerprint density at radius 2 is 1.74 bits per heavy atom. The molecule has 2 N–H and O–H groups in total. The van der Waals surface area contributed by atoms with E-state index in [4.69, 9.17) is 0 Å². The van der Waals surface area contributed by atoms with E-state index in [9.17, 15) is 27.5 Å². The van der Waals surface area contributed by atoms with Crippen LogP contribution in [0.15, 0.2) is 0 Å². The van der Waals surface area contributed by atoms with Crippen LogP contribution in [0.1, 0.15) is 39.5 Å². The van der Waals surface area contributed by atoms with Gasteiger partial charge in [-0.05, 0) is 31.1 Å². The minimum atomic E-state index is -4.72. The molecule has 0 atom stereocenters. The van der Waals surface area contributed by atoms with Gasteiger partial charge in [0.05, 0.1) is 5.60 Å². The third-order valence-corrected chi connectivity index (χ3v) is 3.69. The predicted octanol–water partition coefficient (Wildman–Crippen LogP) is 2.33. The molecule has 0 heterocycles. The standard InChI is InChI=1S/C12H19F4NO2/c1-10(2)3-5-11(19,6-4-10)7-17-9(18)12(15,16)8(13)14/h8,19H,3-7H2,1-2H3,(H,17,18). The summed E-state index contributed by atoms with van der Waals surface area (Å²) in [5.41, 5.74) is -1.23. The lowest BCUT2D eigenvalue weighted by molar-refractivity contribution is -0.170. The largest absolute Gasteiger partial charge is 0.388 e. The van der Waals surface area contributed by atoms with E-state index in [1.54, 1.807) is 5.32 Å². The van der Waals surface area contributed by atoms with Crippen molar-refractivity contribution in [2.24, 2.45) is 5.41 Å². The molecule has 19 heavy (non-hydrogen) atoms. The van der Waals surface area contributed by atoms with Crippen molar-refractivity contribution in [2.45, 2.75) is 57.5 Å². The summed E-state index contributed by atoms with van der Waals surface area (Å²) in [7, 11) is 0. The normalized spacial score (nSPS) is 22.3. The molecule has 7 heteroatoms. The lowest BCUT2D eigenvalue weighted by Crippen LogP contribution is -2.52. The van der Waals surface area contributed by atoms with Crippen molar-refractivity contribution in [3.8, 4) is 0 Å². The van der Waals surface area contributed by atoms with Crippen molar-refractivity contribution >= 4 is 5.91 Å². The fourth-order valence-electron chi connectivity index (χ4n) is 2.03. The molecule has 0 saturated heterocycles. The second-order valence-corrected chi connectivity index (χ2v) is 5.99. The van der Waals surface area contributed by atoms with Gasteiger partial charge in [-0.3, -0.25) is 4.79 Å². The van der Waals surface area contributed by atoms with Crippen molar-refractivity contribution in [1.82, 2.24) is 5.32 Å². The Hall–Kier alpha value is -0.850. The number of amides is 1. The predicted molar refractivity (Wildman–Crippen MR) is 61.2 cm³/mol. The van der Waals surface area contributed by atoms with Gasteiger partial charge in [0, 0.05) is 6.54 Å². The Bertz CT molecular complexity index is 335. The van der Waals surface area contributed by atoms with Crippen LogP contribution in [0, 0.1) is 5.41 Å². The zero-order valence-electron chi connectivity index (χ0n) is 11.0. The highest BCUT2D eigenvalue weighted by Crippen LogP contribution is 2.39. The molecule has 1 rings (SSSR count). The van der Waals surface area contributed by atoms with Crippen LogP contribution in [0.25, 0.3) is 0 Å². The van der Waals surface area contributed by atoms with Crippen LogP contribution in [-0.2, 0) is 4.79 Å². The van der Waals surface area contributed by atoms with Gasteiger partial charge < -0.3 is 10.4 Å². The first kappa shape index (κ1) is 16.2. The quantitative estimate of drug-likeness (QED) is 0.779. The number of aliphatic hydroxyl groups is 1. The minimum Gasteiger partial charge on any atom is -0.388 e. The zero-order chi connectivity index (χ0) is 14.9. The number of nitrogens with one attached hydrogen (secondary N) is 1. The summed E-state index contributed by atoms with van der Waals surface area (Å²) in [6.45, 7) is 3.62. The average molecular weight is 285 g/mol. The summed E-state index contributed by atoms with van der Waals surface area (Å²) in [6.07, 6.45) is -1.98. The highest BCUT2D eigenvalue weighted by molar-refractivity contribution is 5.83. The Labute approximate surface area is 109 Å². The maximum atomic E-state index is 12.7. The molecule has 1 amide bonds. The second-order valence-electron chi connectivity index (χ2n) is 5.99. The van der Waals surface area contributed by atoms with Crippen LogP contribution in [0.3, 0.4) is 0 Å².